The molecule has 2 N–H and O–H groups in total. The summed E-state index contributed by atoms with van der Waals surface area (Å²) in [7, 11) is -3.50. The Labute approximate surface area is 127 Å². The molecule has 5 nitrogen and oxygen atoms in total. The van der Waals surface area contributed by atoms with E-state index >= 15 is 0 Å². The van der Waals surface area contributed by atoms with E-state index < -0.39 is 10.0 Å². The van der Waals surface area contributed by atoms with Crippen LogP contribution in [0, 0.1) is 11.3 Å². The Bertz CT molecular complexity index is 586. The molecule has 0 aromatic carbocycles. The number of hydrogen-bond donors (Lipinski definition) is 2. The molecule has 1 saturated carbocycles. The Morgan fingerprint density at radius 2 is 2.10 bits per heavy atom. The topological polar surface area (TPSA) is 71.3 Å². The molecule has 1 aliphatic rings. The van der Waals surface area contributed by atoms with Crippen LogP contribution in [0.25, 0.3) is 0 Å². The highest BCUT2D eigenvalue weighted by atomic mass is 32.2. The molecule has 6 heteroatoms. The second kappa shape index (κ2) is 6.10. The highest BCUT2D eigenvalue weighted by Crippen LogP contribution is 2.51. The Morgan fingerprint density at radius 1 is 1.43 bits per heavy atom. The molecule has 0 unspecified atom stereocenters. The average molecular weight is 314 g/mol. The molecule has 1 heterocycles. The van der Waals surface area contributed by atoms with Crippen molar-refractivity contribution >= 4 is 10.0 Å². The summed E-state index contributed by atoms with van der Waals surface area (Å²) in [6.07, 6.45) is 4.69. The van der Waals surface area contributed by atoms with Crippen LogP contribution >= 0.6 is 0 Å². The van der Waals surface area contributed by atoms with E-state index in [1.165, 1.54) is 0 Å². The normalized spacial score (nSPS) is 17.4. The fraction of sp³-hybridized carbons (Fsp3) is 0.733. The van der Waals surface area contributed by atoms with Gasteiger partial charge in [-0.1, -0.05) is 20.8 Å². The van der Waals surface area contributed by atoms with Gasteiger partial charge in [-0.05, 0) is 36.7 Å². The first-order valence-corrected chi connectivity index (χ1v) is 9.12. The lowest BCUT2D eigenvalue weighted by Crippen LogP contribution is -2.32. The van der Waals surface area contributed by atoms with Gasteiger partial charge in [-0.2, -0.15) is 0 Å². The van der Waals surface area contributed by atoms with Gasteiger partial charge in [-0.25, -0.2) is 13.1 Å². The highest BCUT2D eigenvalue weighted by Gasteiger charge is 2.45. The van der Waals surface area contributed by atoms with Gasteiger partial charge in [0, 0.05) is 25.0 Å². The first-order chi connectivity index (χ1) is 9.84. The van der Waals surface area contributed by atoms with E-state index in [9.17, 15) is 13.5 Å². The van der Waals surface area contributed by atoms with Crippen molar-refractivity contribution < 1.29 is 13.5 Å². The van der Waals surface area contributed by atoms with Gasteiger partial charge in [0.1, 0.15) is 0 Å². The molecule has 2 rings (SSSR count). The summed E-state index contributed by atoms with van der Waals surface area (Å²) < 4.78 is 29.4. The van der Waals surface area contributed by atoms with Crippen molar-refractivity contribution in [2.24, 2.45) is 11.3 Å². The zero-order valence-electron chi connectivity index (χ0n) is 13.1. The first kappa shape index (κ1) is 16.5. The minimum atomic E-state index is -3.50. The van der Waals surface area contributed by atoms with Crippen molar-refractivity contribution in [3.63, 3.8) is 0 Å². The predicted molar refractivity (Wildman–Crippen MR) is 82.3 cm³/mol. The van der Waals surface area contributed by atoms with Crippen LogP contribution in [-0.2, 0) is 23.2 Å². The molecule has 1 aromatic rings. The van der Waals surface area contributed by atoms with Crippen LogP contribution in [0.2, 0.25) is 0 Å². The molecule has 0 aliphatic heterocycles. The molecule has 0 saturated heterocycles. The lowest BCUT2D eigenvalue weighted by Gasteiger charge is -2.19. The smallest absolute Gasteiger partial charge is 0.242 e. The second-order valence-corrected chi connectivity index (χ2v) is 8.13. The van der Waals surface area contributed by atoms with Gasteiger partial charge in [-0.15, -0.1) is 0 Å². The number of aryl methyl sites for hydroxylation is 1. The summed E-state index contributed by atoms with van der Waals surface area (Å²) in [4.78, 5) is 0.250. The van der Waals surface area contributed by atoms with Crippen molar-refractivity contribution in [2.45, 2.75) is 58.1 Å². The van der Waals surface area contributed by atoms with E-state index in [2.05, 4.69) is 18.6 Å². The average Bonchev–Trinajstić information content (AvgIpc) is 3.12. The summed E-state index contributed by atoms with van der Waals surface area (Å²) >= 11 is 0. The number of rotatable bonds is 8. The van der Waals surface area contributed by atoms with Gasteiger partial charge in [0.05, 0.1) is 11.5 Å². The van der Waals surface area contributed by atoms with Gasteiger partial charge in [0.25, 0.3) is 0 Å². The number of nitrogens with one attached hydrogen (secondary N) is 1. The minimum absolute atomic E-state index is 0.138. The Hall–Kier alpha value is -0.850. The summed E-state index contributed by atoms with van der Waals surface area (Å²) in [5, 5.41) is 9.33. The van der Waals surface area contributed by atoms with Crippen LogP contribution in [0.1, 0.15) is 45.7 Å². The van der Waals surface area contributed by atoms with Crippen LogP contribution in [0.5, 0.6) is 0 Å². The summed E-state index contributed by atoms with van der Waals surface area (Å²) in [6.45, 7) is 7.37. The maximum absolute atomic E-state index is 12.4. The summed E-state index contributed by atoms with van der Waals surface area (Å²) in [6, 6.07) is 1.56. The summed E-state index contributed by atoms with van der Waals surface area (Å²) in [5.74, 6) is 0.484. The van der Waals surface area contributed by atoms with E-state index in [0.29, 0.717) is 24.7 Å². The molecular formula is C15H26N2O3S. The zero-order valence-corrected chi connectivity index (χ0v) is 13.9. The number of aromatic nitrogens is 1. The van der Waals surface area contributed by atoms with Crippen LogP contribution in [0.3, 0.4) is 0 Å². The predicted octanol–water partition coefficient (Wildman–Crippen LogP) is 2.10. The molecule has 0 bridgehead atoms. The third-order valence-electron chi connectivity index (χ3n) is 4.63. The maximum Gasteiger partial charge on any atom is 0.242 e. The summed E-state index contributed by atoms with van der Waals surface area (Å²) in [5.41, 5.74) is 0.779. The number of aliphatic hydroxyl groups excluding tert-OH is 1. The molecule has 0 radical (unpaired) electrons. The van der Waals surface area contributed by atoms with Gasteiger partial charge < -0.3 is 9.67 Å². The number of sulfonamides is 1. The molecule has 21 heavy (non-hydrogen) atoms. The lowest BCUT2D eigenvalue weighted by atomic mass is 9.93. The zero-order chi connectivity index (χ0) is 15.7. The van der Waals surface area contributed by atoms with Crippen molar-refractivity contribution in [3.8, 4) is 0 Å². The van der Waals surface area contributed by atoms with Crippen molar-refractivity contribution in [1.29, 1.82) is 0 Å². The number of aliphatic hydroxyl groups is 1. The van der Waals surface area contributed by atoms with Crippen molar-refractivity contribution in [2.75, 3.05) is 6.54 Å². The molecular weight excluding hydrogens is 288 g/mol. The third-order valence-corrected chi connectivity index (χ3v) is 6.00. The molecule has 1 aromatic heterocycles. The van der Waals surface area contributed by atoms with Crippen LogP contribution in [-0.4, -0.2) is 24.6 Å². The Morgan fingerprint density at radius 3 is 2.57 bits per heavy atom. The van der Waals surface area contributed by atoms with Gasteiger partial charge in [-0.3, -0.25) is 0 Å². The Kier molecular flexibility index (Phi) is 4.80. The van der Waals surface area contributed by atoms with Crippen molar-refractivity contribution in [1.82, 2.24) is 9.29 Å². The lowest BCUT2D eigenvalue weighted by molar-refractivity contribution is 0.270. The fourth-order valence-electron chi connectivity index (χ4n) is 2.69. The first-order valence-electron chi connectivity index (χ1n) is 7.64. The Balaban J connectivity index is 2.12. The largest absolute Gasteiger partial charge is 0.390 e. The van der Waals surface area contributed by atoms with E-state index in [-0.39, 0.29) is 16.9 Å². The van der Waals surface area contributed by atoms with Gasteiger partial charge in [0.15, 0.2) is 0 Å². The molecule has 120 valence electrons. The van der Waals surface area contributed by atoms with Crippen LogP contribution in [0.4, 0.5) is 0 Å². The number of hydrogen-bond acceptors (Lipinski definition) is 3. The van der Waals surface area contributed by atoms with Crippen LogP contribution in [0.15, 0.2) is 17.2 Å². The monoisotopic (exact) mass is 314 g/mol. The number of nitrogens with zero attached hydrogens (tertiary/aromatic N) is 1. The van der Waals surface area contributed by atoms with Gasteiger partial charge >= 0.3 is 0 Å². The third kappa shape index (κ3) is 3.49. The van der Waals surface area contributed by atoms with Crippen LogP contribution < -0.4 is 4.72 Å². The molecule has 0 amide bonds. The SMILES string of the molecule is CCCn1cc(S(=O)(=O)NCC2(C(C)C)CC2)cc1CO. The van der Waals surface area contributed by atoms with Crippen molar-refractivity contribution in [3.05, 3.63) is 18.0 Å². The van der Waals surface area contributed by atoms with E-state index in [0.717, 1.165) is 19.3 Å². The quantitative estimate of drug-likeness (QED) is 0.772. The second-order valence-electron chi connectivity index (χ2n) is 6.36. The minimum Gasteiger partial charge on any atom is -0.390 e. The molecule has 1 aliphatic carbocycles. The molecule has 1 fully saturated rings. The molecule has 0 spiro atoms. The van der Waals surface area contributed by atoms with Gasteiger partial charge in [0.2, 0.25) is 10.0 Å². The van der Waals surface area contributed by atoms with E-state index in [4.69, 9.17) is 0 Å². The molecule has 0 atom stereocenters. The fourth-order valence-corrected chi connectivity index (χ4v) is 3.90. The maximum atomic E-state index is 12.4. The highest BCUT2D eigenvalue weighted by molar-refractivity contribution is 7.89. The van der Waals surface area contributed by atoms with E-state index in [1.807, 2.05) is 11.5 Å². The van der Waals surface area contributed by atoms with E-state index in [1.54, 1.807) is 12.3 Å². The standard InChI is InChI=1S/C15H26N2O3S/c1-4-7-17-9-14(8-13(17)10-18)21(19,20)16-11-15(5-6-15)12(2)3/h8-9,12,16,18H,4-7,10-11H2,1-3H3.